The standard InChI is InChI=1S/C10H16O3/c1-5-6-7-12-9(4)13-10(11)8(2)3/h6-7,9H,2,5H2,1,3-4H3/b7-6+. The SMILES string of the molecule is C=C(C)C(=O)OC(C)O/C=C/CC. The molecule has 0 bridgehead atoms. The van der Waals surface area contributed by atoms with Gasteiger partial charge in [-0.2, -0.15) is 0 Å². The third-order valence-corrected chi connectivity index (χ3v) is 1.22. The predicted octanol–water partition coefficient (Wildman–Crippen LogP) is 2.39. The first kappa shape index (κ1) is 11.8. The molecule has 0 aliphatic carbocycles. The van der Waals surface area contributed by atoms with Crippen molar-refractivity contribution < 1.29 is 14.3 Å². The topological polar surface area (TPSA) is 35.5 Å². The van der Waals surface area contributed by atoms with Gasteiger partial charge in [-0.25, -0.2) is 4.79 Å². The number of esters is 1. The minimum absolute atomic E-state index is 0.370. The van der Waals surface area contributed by atoms with Gasteiger partial charge in [-0.3, -0.25) is 0 Å². The molecule has 0 N–H and O–H groups in total. The molecular formula is C10H16O3. The van der Waals surface area contributed by atoms with Crippen LogP contribution in [0.5, 0.6) is 0 Å². The molecule has 74 valence electrons. The van der Waals surface area contributed by atoms with Crippen molar-refractivity contribution in [2.45, 2.75) is 33.5 Å². The summed E-state index contributed by atoms with van der Waals surface area (Å²) >= 11 is 0. The molecule has 0 amide bonds. The first-order valence-corrected chi connectivity index (χ1v) is 4.24. The molecule has 1 atom stereocenters. The Morgan fingerprint density at radius 1 is 1.62 bits per heavy atom. The summed E-state index contributed by atoms with van der Waals surface area (Å²) in [6, 6.07) is 0. The summed E-state index contributed by atoms with van der Waals surface area (Å²) in [7, 11) is 0. The van der Waals surface area contributed by atoms with E-state index in [1.54, 1.807) is 13.8 Å². The number of carbonyl (C=O) groups excluding carboxylic acids is 1. The Morgan fingerprint density at radius 3 is 2.69 bits per heavy atom. The highest BCUT2D eigenvalue weighted by Gasteiger charge is 2.08. The van der Waals surface area contributed by atoms with E-state index in [-0.39, 0.29) is 0 Å². The maximum absolute atomic E-state index is 11.0. The van der Waals surface area contributed by atoms with Crippen molar-refractivity contribution in [2.24, 2.45) is 0 Å². The zero-order chi connectivity index (χ0) is 10.3. The second-order valence-corrected chi connectivity index (χ2v) is 2.67. The van der Waals surface area contributed by atoms with E-state index in [0.717, 1.165) is 6.42 Å². The van der Waals surface area contributed by atoms with E-state index in [0.29, 0.717) is 5.57 Å². The van der Waals surface area contributed by atoms with Crippen LogP contribution in [0.4, 0.5) is 0 Å². The van der Waals surface area contributed by atoms with E-state index in [2.05, 4.69) is 6.58 Å². The second kappa shape index (κ2) is 6.29. The smallest absolute Gasteiger partial charge is 0.336 e. The van der Waals surface area contributed by atoms with Gasteiger partial charge in [0.2, 0.25) is 6.29 Å². The number of rotatable bonds is 5. The Bertz CT molecular complexity index is 206. The van der Waals surface area contributed by atoms with Gasteiger partial charge in [0.1, 0.15) is 0 Å². The normalized spacial score (nSPS) is 12.5. The summed E-state index contributed by atoms with van der Waals surface area (Å²) in [5, 5.41) is 0. The summed E-state index contributed by atoms with van der Waals surface area (Å²) in [6.45, 7) is 8.69. The van der Waals surface area contributed by atoms with Crippen molar-refractivity contribution >= 4 is 5.97 Å². The average molecular weight is 184 g/mol. The molecule has 1 unspecified atom stereocenters. The van der Waals surface area contributed by atoms with Crippen LogP contribution in [-0.2, 0) is 14.3 Å². The zero-order valence-electron chi connectivity index (χ0n) is 8.37. The summed E-state index contributed by atoms with van der Waals surface area (Å²) in [4.78, 5) is 11.0. The lowest BCUT2D eigenvalue weighted by atomic mass is 10.4. The highest BCUT2D eigenvalue weighted by Crippen LogP contribution is 2.00. The van der Waals surface area contributed by atoms with Crippen LogP contribution >= 0.6 is 0 Å². The number of hydrogen-bond acceptors (Lipinski definition) is 3. The van der Waals surface area contributed by atoms with Gasteiger partial charge in [0.15, 0.2) is 0 Å². The number of carbonyl (C=O) groups is 1. The lowest BCUT2D eigenvalue weighted by molar-refractivity contribution is -0.160. The van der Waals surface area contributed by atoms with Gasteiger partial charge < -0.3 is 9.47 Å². The van der Waals surface area contributed by atoms with Gasteiger partial charge in [0.05, 0.1) is 6.26 Å². The van der Waals surface area contributed by atoms with E-state index in [4.69, 9.17) is 9.47 Å². The minimum Gasteiger partial charge on any atom is -0.463 e. The molecule has 0 saturated heterocycles. The largest absolute Gasteiger partial charge is 0.463 e. The second-order valence-electron chi connectivity index (χ2n) is 2.67. The molecule has 0 aliphatic heterocycles. The molecule has 0 spiro atoms. The Hall–Kier alpha value is -1.25. The molecule has 0 aliphatic rings. The predicted molar refractivity (Wildman–Crippen MR) is 50.9 cm³/mol. The van der Waals surface area contributed by atoms with Gasteiger partial charge in [-0.1, -0.05) is 13.5 Å². The third kappa shape index (κ3) is 5.96. The molecule has 3 nitrogen and oxygen atoms in total. The summed E-state index contributed by atoms with van der Waals surface area (Å²) in [5.41, 5.74) is 0.370. The molecule has 0 heterocycles. The Balaban J connectivity index is 3.74. The molecular weight excluding hydrogens is 168 g/mol. The van der Waals surface area contributed by atoms with Crippen LogP contribution < -0.4 is 0 Å². The van der Waals surface area contributed by atoms with Gasteiger partial charge in [-0.05, 0) is 19.4 Å². The van der Waals surface area contributed by atoms with Gasteiger partial charge in [-0.15, -0.1) is 0 Å². The van der Waals surface area contributed by atoms with E-state index in [1.165, 1.54) is 6.26 Å². The Labute approximate surface area is 79.0 Å². The lowest BCUT2D eigenvalue weighted by Gasteiger charge is -2.11. The van der Waals surface area contributed by atoms with Gasteiger partial charge in [0.25, 0.3) is 0 Å². The molecule has 13 heavy (non-hydrogen) atoms. The first-order chi connectivity index (χ1) is 6.07. The fourth-order valence-electron chi connectivity index (χ4n) is 0.542. The van der Waals surface area contributed by atoms with Crippen LogP contribution in [0.1, 0.15) is 27.2 Å². The molecule has 0 radical (unpaired) electrons. The van der Waals surface area contributed by atoms with Crippen LogP contribution in [0.25, 0.3) is 0 Å². The highest BCUT2D eigenvalue weighted by molar-refractivity contribution is 5.86. The average Bonchev–Trinajstić information content (AvgIpc) is 2.04. The lowest BCUT2D eigenvalue weighted by Crippen LogP contribution is -2.16. The number of hydrogen-bond donors (Lipinski definition) is 0. The van der Waals surface area contributed by atoms with Crippen molar-refractivity contribution in [2.75, 3.05) is 0 Å². The van der Waals surface area contributed by atoms with Crippen molar-refractivity contribution in [3.63, 3.8) is 0 Å². The molecule has 3 heteroatoms. The van der Waals surface area contributed by atoms with Gasteiger partial charge >= 0.3 is 5.97 Å². The maximum atomic E-state index is 11.0. The zero-order valence-corrected chi connectivity index (χ0v) is 8.37. The molecule has 0 aromatic rings. The highest BCUT2D eigenvalue weighted by atomic mass is 16.7. The number of allylic oxidation sites excluding steroid dienone is 1. The number of ether oxygens (including phenoxy) is 2. The van der Waals surface area contributed by atoms with Crippen LogP contribution in [0.3, 0.4) is 0 Å². The van der Waals surface area contributed by atoms with Crippen LogP contribution in [0, 0.1) is 0 Å². The summed E-state index contributed by atoms with van der Waals surface area (Å²) < 4.78 is 9.88. The Morgan fingerprint density at radius 2 is 2.23 bits per heavy atom. The van der Waals surface area contributed by atoms with Crippen molar-refractivity contribution in [3.05, 3.63) is 24.5 Å². The maximum Gasteiger partial charge on any atom is 0.336 e. The molecule has 0 saturated carbocycles. The monoisotopic (exact) mass is 184 g/mol. The van der Waals surface area contributed by atoms with Crippen LogP contribution in [-0.4, -0.2) is 12.3 Å². The molecule has 0 fully saturated rings. The Kier molecular flexibility index (Phi) is 5.68. The van der Waals surface area contributed by atoms with E-state index in [1.807, 2.05) is 13.0 Å². The summed E-state index contributed by atoms with van der Waals surface area (Å²) in [5.74, 6) is -0.433. The summed E-state index contributed by atoms with van der Waals surface area (Å²) in [6.07, 6.45) is 3.69. The fraction of sp³-hybridized carbons (Fsp3) is 0.500. The quantitative estimate of drug-likeness (QED) is 0.285. The molecule has 0 rings (SSSR count). The van der Waals surface area contributed by atoms with Crippen molar-refractivity contribution in [1.29, 1.82) is 0 Å². The first-order valence-electron chi connectivity index (χ1n) is 4.24. The van der Waals surface area contributed by atoms with Crippen LogP contribution in [0.15, 0.2) is 24.5 Å². The molecule has 0 aromatic carbocycles. The van der Waals surface area contributed by atoms with E-state index < -0.39 is 12.3 Å². The van der Waals surface area contributed by atoms with Crippen molar-refractivity contribution in [3.8, 4) is 0 Å². The van der Waals surface area contributed by atoms with E-state index in [9.17, 15) is 4.79 Å². The van der Waals surface area contributed by atoms with E-state index >= 15 is 0 Å². The molecule has 0 aromatic heterocycles. The third-order valence-electron chi connectivity index (χ3n) is 1.22. The minimum atomic E-state index is -0.563. The van der Waals surface area contributed by atoms with Crippen LogP contribution in [0.2, 0.25) is 0 Å². The fourth-order valence-corrected chi connectivity index (χ4v) is 0.542. The van der Waals surface area contributed by atoms with Gasteiger partial charge in [0, 0.05) is 12.5 Å². The van der Waals surface area contributed by atoms with Crippen molar-refractivity contribution in [1.82, 2.24) is 0 Å².